The van der Waals surface area contributed by atoms with E-state index < -0.39 is 48.1 Å². The molecule has 2 saturated heterocycles. The van der Waals surface area contributed by atoms with Crippen molar-refractivity contribution in [3.63, 3.8) is 0 Å². The van der Waals surface area contributed by atoms with E-state index in [-0.39, 0.29) is 18.4 Å². The predicted molar refractivity (Wildman–Crippen MR) is 186 cm³/mol. The zero-order chi connectivity index (χ0) is 33.7. The van der Waals surface area contributed by atoms with Gasteiger partial charge in [-0.25, -0.2) is 0 Å². The Balaban J connectivity index is 1.23. The molecular formula is C40H37N3O6. The standard InChI is InChI=1S/C40H37N3O6/c1-2-48-31-19-17-29(18-20-31)41-22-8-14-33-34(37(41)45)35-38(46)43(32(25-44)27-11-4-3-5-12-27)36-39(47)42(23-9-21-40(35,36)49-33)30-16-15-26-10-6-7-13-28(26)24-30/h3-21,24,32-36,44H,2,22-23,25H2,1H3/t32-,33-,34+,35+,36?,40+/m1/s1. The Kier molecular flexibility index (Phi) is 7.81. The maximum absolute atomic E-state index is 15.0. The first kappa shape index (κ1) is 31.0. The molecule has 0 aromatic heterocycles. The third-order valence-corrected chi connectivity index (χ3v) is 10.3. The van der Waals surface area contributed by atoms with E-state index in [0.29, 0.717) is 35.8 Å². The summed E-state index contributed by atoms with van der Waals surface area (Å²) in [6, 6.07) is 28.4. The van der Waals surface area contributed by atoms with Crippen molar-refractivity contribution in [3.8, 4) is 5.75 Å². The SMILES string of the molecule is CCOc1ccc(N2CC=C[C@H]3O[C@]45C=CCN(c6ccc7ccccc7c6)C(=O)C4N([C@H](CO)c4ccccc4)C(=O)[C@@H]5[C@H]3C2=O)cc1. The van der Waals surface area contributed by atoms with E-state index >= 15 is 4.79 Å². The van der Waals surface area contributed by atoms with Gasteiger partial charge < -0.3 is 29.3 Å². The summed E-state index contributed by atoms with van der Waals surface area (Å²) in [4.78, 5) is 49.5. The van der Waals surface area contributed by atoms with Gasteiger partial charge >= 0.3 is 0 Å². The summed E-state index contributed by atoms with van der Waals surface area (Å²) < 4.78 is 12.5. The quantitative estimate of drug-likeness (QED) is 0.280. The van der Waals surface area contributed by atoms with Crippen LogP contribution in [0.2, 0.25) is 0 Å². The number of fused-ring (bicyclic) bond motifs is 3. The van der Waals surface area contributed by atoms with Crippen molar-refractivity contribution in [2.45, 2.75) is 30.7 Å². The highest BCUT2D eigenvalue weighted by Gasteiger charge is 2.72. The minimum atomic E-state index is -1.45. The molecule has 49 heavy (non-hydrogen) atoms. The minimum Gasteiger partial charge on any atom is -0.494 e. The lowest BCUT2D eigenvalue weighted by molar-refractivity contribution is -0.144. The number of anilines is 2. The number of carbonyl (C=O) groups excluding carboxylic acids is 3. The van der Waals surface area contributed by atoms with Crippen molar-refractivity contribution < 1.29 is 29.0 Å². The Labute approximate surface area is 284 Å². The lowest BCUT2D eigenvalue weighted by Crippen LogP contribution is -2.56. The highest BCUT2D eigenvalue weighted by atomic mass is 16.5. The molecule has 8 rings (SSSR count). The van der Waals surface area contributed by atoms with Crippen LogP contribution in [0.3, 0.4) is 0 Å². The molecule has 1 spiro atoms. The summed E-state index contributed by atoms with van der Waals surface area (Å²) >= 11 is 0. The molecule has 4 aromatic carbocycles. The first-order valence-electron chi connectivity index (χ1n) is 16.8. The number of aliphatic hydroxyl groups is 1. The molecule has 4 aliphatic rings. The van der Waals surface area contributed by atoms with Crippen molar-refractivity contribution in [3.05, 3.63) is 127 Å². The van der Waals surface area contributed by atoms with E-state index in [0.717, 1.165) is 10.8 Å². The van der Waals surface area contributed by atoms with Gasteiger partial charge in [0.05, 0.1) is 37.2 Å². The first-order chi connectivity index (χ1) is 23.9. The molecule has 0 bridgehead atoms. The Morgan fingerprint density at radius 3 is 2.27 bits per heavy atom. The van der Waals surface area contributed by atoms with Crippen LogP contribution in [0.25, 0.3) is 10.8 Å². The van der Waals surface area contributed by atoms with E-state index in [1.807, 2.05) is 128 Å². The van der Waals surface area contributed by atoms with Crippen LogP contribution in [0.5, 0.6) is 5.75 Å². The summed E-state index contributed by atoms with van der Waals surface area (Å²) in [5.74, 6) is -2.19. The number of hydrogen-bond donors (Lipinski definition) is 1. The molecule has 0 radical (unpaired) electrons. The maximum Gasteiger partial charge on any atom is 0.253 e. The van der Waals surface area contributed by atoms with Gasteiger partial charge in [-0.1, -0.05) is 85.0 Å². The molecule has 248 valence electrons. The van der Waals surface area contributed by atoms with E-state index in [1.54, 1.807) is 9.80 Å². The third-order valence-electron chi connectivity index (χ3n) is 10.3. The van der Waals surface area contributed by atoms with Crippen molar-refractivity contribution >= 4 is 39.9 Å². The zero-order valence-electron chi connectivity index (χ0n) is 27.1. The molecule has 0 aliphatic carbocycles. The second-order valence-corrected chi connectivity index (χ2v) is 12.9. The monoisotopic (exact) mass is 655 g/mol. The lowest BCUT2D eigenvalue weighted by Gasteiger charge is -2.38. The molecule has 2 fully saturated rings. The number of ether oxygens (including phenoxy) is 2. The molecule has 3 amide bonds. The third kappa shape index (κ3) is 4.95. The van der Waals surface area contributed by atoms with Crippen LogP contribution < -0.4 is 14.5 Å². The van der Waals surface area contributed by atoms with Gasteiger partial charge in [0.25, 0.3) is 5.91 Å². The fraction of sp³-hybridized carbons (Fsp3) is 0.275. The summed E-state index contributed by atoms with van der Waals surface area (Å²) in [5, 5.41) is 12.9. The molecule has 4 heterocycles. The summed E-state index contributed by atoms with van der Waals surface area (Å²) in [6.07, 6.45) is 6.71. The maximum atomic E-state index is 15.0. The smallest absolute Gasteiger partial charge is 0.253 e. The van der Waals surface area contributed by atoms with Crippen LogP contribution in [-0.2, 0) is 19.1 Å². The molecule has 1 unspecified atom stereocenters. The van der Waals surface area contributed by atoms with E-state index in [2.05, 4.69) is 0 Å². The number of hydrogen-bond acceptors (Lipinski definition) is 6. The Morgan fingerprint density at radius 1 is 0.816 bits per heavy atom. The fourth-order valence-electron chi connectivity index (χ4n) is 8.14. The van der Waals surface area contributed by atoms with Gasteiger partial charge in [-0.05, 0) is 59.7 Å². The summed E-state index contributed by atoms with van der Waals surface area (Å²) in [6.45, 7) is 2.58. The number of benzene rings is 4. The Bertz CT molecular complexity index is 1980. The van der Waals surface area contributed by atoms with Gasteiger partial charge in [0.15, 0.2) is 0 Å². The number of nitrogens with zero attached hydrogens (tertiary/aromatic N) is 3. The Morgan fingerprint density at radius 2 is 1.51 bits per heavy atom. The van der Waals surface area contributed by atoms with Gasteiger partial charge in [0, 0.05) is 24.5 Å². The summed E-state index contributed by atoms with van der Waals surface area (Å²) in [7, 11) is 0. The molecular weight excluding hydrogens is 618 g/mol. The number of likely N-dealkylation sites (tertiary alicyclic amines) is 1. The van der Waals surface area contributed by atoms with Crippen LogP contribution in [0, 0.1) is 11.8 Å². The van der Waals surface area contributed by atoms with Crippen LogP contribution in [0.4, 0.5) is 11.4 Å². The topological polar surface area (TPSA) is 99.6 Å². The first-order valence-corrected chi connectivity index (χ1v) is 16.8. The van der Waals surface area contributed by atoms with E-state index in [4.69, 9.17) is 9.47 Å². The molecule has 4 aliphatic heterocycles. The molecule has 9 heteroatoms. The molecule has 9 nitrogen and oxygen atoms in total. The predicted octanol–water partition coefficient (Wildman–Crippen LogP) is 5.06. The largest absolute Gasteiger partial charge is 0.494 e. The highest BCUT2D eigenvalue weighted by Crippen LogP contribution is 2.55. The fourth-order valence-corrected chi connectivity index (χ4v) is 8.14. The van der Waals surface area contributed by atoms with Crippen molar-refractivity contribution in [1.82, 2.24) is 4.90 Å². The average Bonchev–Trinajstić information content (AvgIpc) is 3.44. The van der Waals surface area contributed by atoms with Gasteiger partial charge in [-0.2, -0.15) is 0 Å². The highest BCUT2D eigenvalue weighted by molar-refractivity contribution is 6.08. The van der Waals surface area contributed by atoms with Crippen molar-refractivity contribution in [1.29, 1.82) is 0 Å². The minimum absolute atomic E-state index is 0.250. The molecule has 0 saturated carbocycles. The summed E-state index contributed by atoms with van der Waals surface area (Å²) in [5.41, 5.74) is 0.600. The number of carbonyl (C=O) groups is 3. The van der Waals surface area contributed by atoms with E-state index in [9.17, 15) is 14.7 Å². The second kappa shape index (κ2) is 12.3. The lowest BCUT2D eigenvalue weighted by atomic mass is 9.77. The molecule has 6 atom stereocenters. The number of rotatable bonds is 7. The van der Waals surface area contributed by atoms with Gasteiger partial charge in [0.2, 0.25) is 11.8 Å². The van der Waals surface area contributed by atoms with Crippen LogP contribution in [0.15, 0.2) is 121 Å². The van der Waals surface area contributed by atoms with Crippen LogP contribution in [0.1, 0.15) is 18.5 Å². The van der Waals surface area contributed by atoms with Gasteiger partial charge in [0.1, 0.15) is 17.4 Å². The van der Waals surface area contributed by atoms with Crippen molar-refractivity contribution in [2.24, 2.45) is 11.8 Å². The second-order valence-electron chi connectivity index (χ2n) is 12.9. The van der Waals surface area contributed by atoms with Crippen molar-refractivity contribution in [2.75, 3.05) is 36.1 Å². The Hall–Kier alpha value is -5.25. The van der Waals surface area contributed by atoms with Crippen LogP contribution in [-0.4, -0.2) is 71.8 Å². The van der Waals surface area contributed by atoms with E-state index in [1.165, 1.54) is 4.90 Å². The average molecular weight is 656 g/mol. The number of amides is 3. The van der Waals surface area contributed by atoms with Gasteiger partial charge in [-0.3, -0.25) is 14.4 Å². The molecule has 4 aromatic rings. The van der Waals surface area contributed by atoms with Gasteiger partial charge in [-0.15, -0.1) is 0 Å². The normalized spacial score (nSPS) is 26.7. The number of aliphatic hydroxyl groups excluding tert-OH is 1. The molecule has 1 N–H and O–H groups in total. The van der Waals surface area contributed by atoms with Crippen LogP contribution >= 0.6 is 0 Å². The zero-order valence-corrected chi connectivity index (χ0v) is 27.1.